The van der Waals surface area contributed by atoms with Gasteiger partial charge in [0.1, 0.15) is 0 Å². The van der Waals surface area contributed by atoms with Gasteiger partial charge in [0.25, 0.3) is 0 Å². The van der Waals surface area contributed by atoms with E-state index >= 15 is 0 Å². The smallest absolute Gasteiger partial charge is 0.337 e. The third kappa shape index (κ3) is 2.62. The molecule has 0 fully saturated rings. The van der Waals surface area contributed by atoms with Crippen LogP contribution in [0.4, 0.5) is 0 Å². The second-order valence-electron chi connectivity index (χ2n) is 2.65. The fourth-order valence-electron chi connectivity index (χ4n) is 0.995. The first-order valence-corrected chi connectivity index (χ1v) is 4.15. The average molecular weight is 192 g/mol. The molecule has 0 unspecified atom stereocenters. The number of ether oxygens (including phenoxy) is 2. The zero-order chi connectivity index (χ0) is 10.4. The number of esters is 1. The van der Waals surface area contributed by atoms with Crippen LogP contribution in [0.5, 0.6) is 0 Å². The van der Waals surface area contributed by atoms with Gasteiger partial charge >= 0.3 is 5.97 Å². The van der Waals surface area contributed by atoms with E-state index in [1.807, 2.05) is 12.1 Å². The molecule has 1 aromatic carbocycles. The predicted octanol–water partition coefficient (Wildman–Crippen LogP) is 2.09. The molecule has 0 saturated carbocycles. The Bertz CT molecular complexity index is 325. The van der Waals surface area contributed by atoms with E-state index in [0.29, 0.717) is 5.56 Å². The number of rotatable bonds is 3. The number of benzene rings is 1. The van der Waals surface area contributed by atoms with Gasteiger partial charge in [0.05, 0.1) is 26.0 Å². The van der Waals surface area contributed by atoms with Crippen molar-refractivity contribution in [1.82, 2.24) is 0 Å². The Kier molecular flexibility index (Phi) is 3.73. The van der Waals surface area contributed by atoms with Crippen LogP contribution in [0.1, 0.15) is 15.9 Å². The van der Waals surface area contributed by atoms with Crippen LogP contribution in [-0.4, -0.2) is 20.2 Å². The Morgan fingerprint density at radius 3 is 2.36 bits per heavy atom. The molecule has 1 aromatic rings. The van der Waals surface area contributed by atoms with E-state index in [-0.39, 0.29) is 5.97 Å². The van der Waals surface area contributed by atoms with Gasteiger partial charge in [-0.25, -0.2) is 4.79 Å². The van der Waals surface area contributed by atoms with Crippen LogP contribution < -0.4 is 0 Å². The first kappa shape index (κ1) is 10.3. The van der Waals surface area contributed by atoms with Crippen LogP contribution in [0.15, 0.2) is 30.5 Å². The van der Waals surface area contributed by atoms with Gasteiger partial charge in [0.15, 0.2) is 0 Å². The Morgan fingerprint density at radius 2 is 1.86 bits per heavy atom. The summed E-state index contributed by atoms with van der Waals surface area (Å²) in [5.74, 6) is -0.327. The summed E-state index contributed by atoms with van der Waals surface area (Å²) in [4.78, 5) is 11.1. The van der Waals surface area contributed by atoms with Gasteiger partial charge in [-0.1, -0.05) is 12.1 Å². The highest BCUT2D eigenvalue weighted by molar-refractivity contribution is 5.89. The maximum Gasteiger partial charge on any atom is 0.337 e. The molecule has 0 N–H and O–H groups in total. The first-order chi connectivity index (χ1) is 6.77. The molecule has 0 aromatic heterocycles. The molecule has 0 bridgehead atoms. The van der Waals surface area contributed by atoms with Crippen LogP contribution in [-0.2, 0) is 9.47 Å². The molecule has 0 saturated heterocycles. The van der Waals surface area contributed by atoms with Gasteiger partial charge in [-0.3, -0.25) is 0 Å². The molecule has 14 heavy (non-hydrogen) atoms. The minimum Gasteiger partial charge on any atom is -0.504 e. The average Bonchev–Trinajstić information content (AvgIpc) is 2.26. The SMILES string of the molecule is CO/C=C\c1ccc(C(=O)OC)cc1. The van der Waals surface area contributed by atoms with Gasteiger partial charge in [0.2, 0.25) is 0 Å². The highest BCUT2D eigenvalue weighted by atomic mass is 16.5. The summed E-state index contributed by atoms with van der Waals surface area (Å²) >= 11 is 0. The summed E-state index contributed by atoms with van der Waals surface area (Å²) in [6.45, 7) is 0. The highest BCUT2D eigenvalue weighted by Crippen LogP contribution is 2.07. The summed E-state index contributed by atoms with van der Waals surface area (Å²) < 4.78 is 9.35. The van der Waals surface area contributed by atoms with Crippen molar-refractivity contribution in [2.24, 2.45) is 0 Å². The fourth-order valence-corrected chi connectivity index (χ4v) is 0.995. The van der Waals surface area contributed by atoms with E-state index in [2.05, 4.69) is 4.74 Å². The summed E-state index contributed by atoms with van der Waals surface area (Å²) in [7, 11) is 2.94. The van der Waals surface area contributed by atoms with Crippen molar-refractivity contribution in [1.29, 1.82) is 0 Å². The fraction of sp³-hybridized carbons (Fsp3) is 0.182. The van der Waals surface area contributed by atoms with Gasteiger partial charge < -0.3 is 9.47 Å². The minimum absolute atomic E-state index is 0.327. The van der Waals surface area contributed by atoms with Gasteiger partial charge in [0, 0.05) is 0 Å². The van der Waals surface area contributed by atoms with Crippen molar-refractivity contribution in [3.05, 3.63) is 41.7 Å². The van der Waals surface area contributed by atoms with E-state index in [9.17, 15) is 4.79 Å². The first-order valence-electron chi connectivity index (χ1n) is 4.15. The normalized spacial score (nSPS) is 10.1. The van der Waals surface area contributed by atoms with Crippen LogP contribution in [0, 0.1) is 0 Å². The summed E-state index contributed by atoms with van der Waals surface area (Å²) in [5.41, 5.74) is 1.52. The molecule has 0 radical (unpaired) electrons. The van der Waals surface area contributed by atoms with Crippen LogP contribution in [0.2, 0.25) is 0 Å². The van der Waals surface area contributed by atoms with Crippen molar-refractivity contribution >= 4 is 12.0 Å². The second kappa shape index (κ2) is 5.07. The van der Waals surface area contributed by atoms with Crippen LogP contribution >= 0.6 is 0 Å². The largest absolute Gasteiger partial charge is 0.504 e. The molecule has 0 aliphatic heterocycles. The van der Waals surface area contributed by atoms with Crippen molar-refractivity contribution in [3.8, 4) is 0 Å². The lowest BCUT2D eigenvalue weighted by Gasteiger charge is -1.98. The monoisotopic (exact) mass is 192 g/mol. The number of hydrogen-bond acceptors (Lipinski definition) is 3. The molecule has 0 heterocycles. The van der Waals surface area contributed by atoms with E-state index < -0.39 is 0 Å². The van der Waals surface area contributed by atoms with Crippen LogP contribution in [0.3, 0.4) is 0 Å². The quantitative estimate of drug-likeness (QED) is 0.543. The topological polar surface area (TPSA) is 35.5 Å². The predicted molar refractivity (Wildman–Crippen MR) is 53.8 cm³/mol. The Balaban J connectivity index is 2.78. The molecule has 1 rings (SSSR count). The third-order valence-electron chi connectivity index (χ3n) is 1.73. The van der Waals surface area contributed by atoms with E-state index in [4.69, 9.17) is 4.74 Å². The van der Waals surface area contributed by atoms with Crippen molar-refractivity contribution in [2.75, 3.05) is 14.2 Å². The van der Waals surface area contributed by atoms with Gasteiger partial charge in [-0.05, 0) is 23.8 Å². The maximum absolute atomic E-state index is 11.1. The van der Waals surface area contributed by atoms with E-state index in [0.717, 1.165) is 5.56 Å². The lowest BCUT2D eigenvalue weighted by Crippen LogP contribution is -2.00. The molecule has 0 aliphatic carbocycles. The molecule has 0 atom stereocenters. The summed E-state index contributed by atoms with van der Waals surface area (Å²) in [6.07, 6.45) is 3.38. The van der Waals surface area contributed by atoms with Crippen molar-refractivity contribution in [2.45, 2.75) is 0 Å². The standard InChI is InChI=1S/C11H12O3/c1-13-8-7-9-3-5-10(6-4-9)11(12)14-2/h3-8H,1-2H3/b8-7-. The Morgan fingerprint density at radius 1 is 1.21 bits per heavy atom. The zero-order valence-corrected chi connectivity index (χ0v) is 8.19. The zero-order valence-electron chi connectivity index (χ0n) is 8.19. The molecule has 0 aliphatic rings. The van der Waals surface area contributed by atoms with Gasteiger partial charge in [-0.15, -0.1) is 0 Å². The van der Waals surface area contributed by atoms with E-state index in [1.54, 1.807) is 31.6 Å². The molecule has 0 amide bonds. The highest BCUT2D eigenvalue weighted by Gasteiger charge is 2.02. The molecular formula is C11H12O3. The molecule has 3 heteroatoms. The minimum atomic E-state index is -0.327. The van der Waals surface area contributed by atoms with Gasteiger partial charge in [-0.2, -0.15) is 0 Å². The number of carbonyl (C=O) groups is 1. The lowest BCUT2D eigenvalue weighted by atomic mass is 10.1. The number of carbonyl (C=O) groups excluding carboxylic acids is 1. The molecular weight excluding hydrogens is 180 g/mol. The van der Waals surface area contributed by atoms with Crippen molar-refractivity contribution < 1.29 is 14.3 Å². The van der Waals surface area contributed by atoms with Crippen molar-refractivity contribution in [3.63, 3.8) is 0 Å². The Hall–Kier alpha value is -1.77. The maximum atomic E-state index is 11.1. The molecule has 74 valence electrons. The van der Waals surface area contributed by atoms with E-state index in [1.165, 1.54) is 7.11 Å². The second-order valence-corrected chi connectivity index (χ2v) is 2.65. The third-order valence-corrected chi connectivity index (χ3v) is 1.73. The number of methoxy groups -OCH3 is 2. The van der Waals surface area contributed by atoms with Crippen LogP contribution in [0.25, 0.3) is 6.08 Å². The summed E-state index contributed by atoms with van der Waals surface area (Å²) in [6, 6.07) is 7.06. The Labute approximate surface area is 83.0 Å². The summed E-state index contributed by atoms with van der Waals surface area (Å²) in [5, 5.41) is 0. The lowest BCUT2D eigenvalue weighted by molar-refractivity contribution is 0.0601. The number of hydrogen-bond donors (Lipinski definition) is 0. The molecule has 3 nitrogen and oxygen atoms in total. The molecule has 0 spiro atoms.